The Bertz CT molecular complexity index is 297. The maximum Gasteiger partial charge on any atom is 0.125 e. The van der Waals surface area contributed by atoms with Crippen molar-refractivity contribution in [2.24, 2.45) is 0 Å². The zero-order valence-electron chi connectivity index (χ0n) is 6.68. The zero-order valence-corrected chi connectivity index (χ0v) is 6.68. The van der Waals surface area contributed by atoms with Gasteiger partial charge in [0.05, 0.1) is 0 Å². The van der Waals surface area contributed by atoms with Gasteiger partial charge >= 0.3 is 0 Å². The van der Waals surface area contributed by atoms with Gasteiger partial charge in [0.25, 0.3) is 0 Å². The third-order valence-electron chi connectivity index (χ3n) is 1.52. The van der Waals surface area contributed by atoms with Crippen LogP contribution in [0.25, 0.3) is 0 Å². The number of pyridine rings is 1. The standard InChI is InChI=1S/C9H10N2/c1-4-8-6-11-9(10-3)5-7(8)2/h1,5-6H,2-3H3,(H,10,11). The monoisotopic (exact) mass is 146 g/mol. The maximum atomic E-state index is 5.23. The fraction of sp³-hybridized carbons (Fsp3) is 0.222. The number of aromatic nitrogens is 1. The largest absolute Gasteiger partial charge is 0.373 e. The Morgan fingerprint density at radius 1 is 1.64 bits per heavy atom. The number of nitrogens with one attached hydrogen (secondary N) is 1. The van der Waals surface area contributed by atoms with Gasteiger partial charge in [0.2, 0.25) is 0 Å². The summed E-state index contributed by atoms with van der Waals surface area (Å²) in [6.07, 6.45) is 6.93. The highest BCUT2D eigenvalue weighted by molar-refractivity contribution is 5.45. The number of aryl methyl sites for hydroxylation is 1. The molecule has 2 heteroatoms. The first-order chi connectivity index (χ1) is 5.27. The van der Waals surface area contributed by atoms with Gasteiger partial charge in [0.1, 0.15) is 5.82 Å². The summed E-state index contributed by atoms with van der Waals surface area (Å²) in [7, 11) is 1.83. The SMILES string of the molecule is C#Cc1cnc(NC)cc1C. The summed E-state index contributed by atoms with van der Waals surface area (Å²) in [5, 5.41) is 2.94. The molecule has 1 N–H and O–H groups in total. The second-order valence-electron chi connectivity index (χ2n) is 2.28. The molecule has 0 saturated heterocycles. The van der Waals surface area contributed by atoms with Gasteiger partial charge in [-0.15, -0.1) is 6.42 Å². The van der Waals surface area contributed by atoms with Crippen molar-refractivity contribution < 1.29 is 0 Å². The first-order valence-electron chi connectivity index (χ1n) is 3.39. The molecule has 0 radical (unpaired) electrons. The average molecular weight is 146 g/mol. The smallest absolute Gasteiger partial charge is 0.125 e. The van der Waals surface area contributed by atoms with E-state index in [-0.39, 0.29) is 0 Å². The molecule has 0 aliphatic rings. The van der Waals surface area contributed by atoms with E-state index >= 15 is 0 Å². The molecule has 1 heterocycles. The fourth-order valence-electron chi connectivity index (χ4n) is 0.844. The molecular weight excluding hydrogens is 136 g/mol. The van der Waals surface area contributed by atoms with Crippen LogP contribution in [0.15, 0.2) is 12.3 Å². The minimum absolute atomic E-state index is 0.849. The van der Waals surface area contributed by atoms with E-state index in [1.54, 1.807) is 6.20 Å². The maximum absolute atomic E-state index is 5.23. The van der Waals surface area contributed by atoms with E-state index in [4.69, 9.17) is 6.42 Å². The molecule has 11 heavy (non-hydrogen) atoms. The molecule has 0 fully saturated rings. The highest BCUT2D eigenvalue weighted by atomic mass is 14.9. The van der Waals surface area contributed by atoms with Crippen LogP contribution < -0.4 is 5.32 Å². The van der Waals surface area contributed by atoms with Crippen molar-refractivity contribution in [3.63, 3.8) is 0 Å². The van der Waals surface area contributed by atoms with Crippen LogP contribution in [0.3, 0.4) is 0 Å². The number of hydrogen-bond donors (Lipinski definition) is 1. The van der Waals surface area contributed by atoms with E-state index in [1.165, 1.54) is 0 Å². The first kappa shape index (κ1) is 7.62. The molecule has 0 aliphatic carbocycles. The molecule has 1 aromatic heterocycles. The highest BCUT2D eigenvalue weighted by Crippen LogP contribution is 2.09. The summed E-state index contributed by atoms with van der Waals surface area (Å²) in [4.78, 5) is 4.08. The van der Waals surface area contributed by atoms with Crippen LogP contribution in [-0.4, -0.2) is 12.0 Å². The summed E-state index contributed by atoms with van der Waals surface area (Å²) < 4.78 is 0. The van der Waals surface area contributed by atoms with Crippen molar-refractivity contribution in [2.75, 3.05) is 12.4 Å². The molecule has 0 aromatic carbocycles. The van der Waals surface area contributed by atoms with Crippen LogP contribution in [0.1, 0.15) is 11.1 Å². The van der Waals surface area contributed by atoms with Crippen LogP contribution in [0.2, 0.25) is 0 Å². The second-order valence-corrected chi connectivity index (χ2v) is 2.28. The summed E-state index contributed by atoms with van der Waals surface area (Å²) in [5.41, 5.74) is 1.93. The normalized spacial score (nSPS) is 8.82. The van der Waals surface area contributed by atoms with E-state index < -0.39 is 0 Å². The van der Waals surface area contributed by atoms with E-state index in [9.17, 15) is 0 Å². The second kappa shape index (κ2) is 3.07. The van der Waals surface area contributed by atoms with E-state index in [2.05, 4.69) is 16.2 Å². The first-order valence-corrected chi connectivity index (χ1v) is 3.39. The number of rotatable bonds is 1. The summed E-state index contributed by atoms with van der Waals surface area (Å²) in [6, 6.07) is 1.93. The quantitative estimate of drug-likeness (QED) is 0.606. The third-order valence-corrected chi connectivity index (χ3v) is 1.52. The molecule has 2 nitrogen and oxygen atoms in total. The topological polar surface area (TPSA) is 24.9 Å². The Morgan fingerprint density at radius 3 is 2.82 bits per heavy atom. The molecule has 1 aromatic rings. The lowest BCUT2D eigenvalue weighted by molar-refractivity contribution is 1.24. The van der Waals surface area contributed by atoms with Gasteiger partial charge in [-0.05, 0) is 18.6 Å². The Morgan fingerprint density at radius 2 is 2.36 bits per heavy atom. The zero-order chi connectivity index (χ0) is 8.27. The van der Waals surface area contributed by atoms with Crippen LogP contribution in [-0.2, 0) is 0 Å². The van der Waals surface area contributed by atoms with Crippen LogP contribution >= 0.6 is 0 Å². The summed E-state index contributed by atoms with van der Waals surface area (Å²) in [5.74, 6) is 3.40. The van der Waals surface area contributed by atoms with Gasteiger partial charge in [-0.3, -0.25) is 0 Å². The lowest BCUT2D eigenvalue weighted by Gasteiger charge is -2.01. The molecule has 0 atom stereocenters. The van der Waals surface area contributed by atoms with Gasteiger partial charge in [0.15, 0.2) is 0 Å². The van der Waals surface area contributed by atoms with E-state index in [0.29, 0.717) is 0 Å². The molecule has 0 spiro atoms. The Labute approximate surface area is 66.7 Å². The summed E-state index contributed by atoms with van der Waals surface area (Å²) in [6.45, 7) is 1.97. The molecular formula is C9H10N2. The predicted molar refractivity (Wildman–Crippen MR) is 46.5 cm³/mol. The van der Waals surface area contributed by atoms with Crippen molar-refractivity contribution in [1.82, 2.24) is 4.98 Å². The van der Waals surface area contributed by atoms with E-state index in [0.717, 1.165) is 16.9 Å². The van der Waals surface area contributed by atoms with Crippen molar-refractivity contribution in [3.05, 3.63) is 23.4 Å². The molecule has 56 valence electrons. The molecule has 0 bridgehead atoms. The van der Waals surface area contributed by atoms with Gasteiger partial charge in [0, 0.05) is 18.8 Å². The predicted octanol–water partition coefficient (Wildman–Crippen LogP) is 1.41. The fourth-order valence-corrected chi connectivity index (χ4v) is 0.844. The molecule has 0 saturated carbocycles. The van der Waals surface area contributed by atoms with Gasteiger partial charge in [-0.2, -0.15) is 0 Å². The minimum Gasteiger partial charge on any atom is -0.373 e. The number of hydrogen-bond acceptors (Lipinski definition) is 2. The van der Waals surface area contributed by atoms with Crippen molar-refractivity contribution >= 4 is 5.82 Å². The molecule has 0 unspecified atom stereocenters. The van der Waals surface area contributed by atoms with Gasteiger partial charge in [-0.25, -0.2) is 4.98 Å². The molecule has 0 aliphatic heterocycles. The Hall–Kier alpha value is -1.49. The lowest BCUT2D eigenvalue weighted by Crippen LogP contribution is -1.93. The van der Waals surface area contributed by atoms with Crippen molar-refractivity contribution in [3.8, 4) is 12.3 Å². The number of terminal acetylenes is 1. The van der Waals surface area contributed by atoms with Crippen LogP contribution in [0.5, 0.6) is 0 Å². The van der Waals surface area contributed by atoms with Gasteiger partial charge < -0.3 is 5.32 Å². The number of nitrogens with zero attached hydrogens (tertiary/aromatic N) is 1. The lowest BCUT2D eigenvalue weighted by atomic mass is 10.2. The third kappa shape index (κ3) is 1.50. The van der Waals surface area contributed by atoms with Gasteiger partial charge in [-0.1, -0.05) is 5.92 Å². The average Bonchev–Trinajstić information content (AvgIpc) is 2.04. The molecule has 1 rings (SSSR count). The molecule has 0 amide bonds. The van der Waals surface area contributed by atoms with Crippen LogP contribution in [0.4, 0.5) is 5.82 Å². The number of anilines is 1. The Kier molecular flexibility index (Phi) is 2.12. The Balaban J connectivity index is 3.12. The minimum atomic E-state index is 0.849. The van der Waals surface area contributed by atoms with Crippen molar-refractivity contribution in [2.45, 2.75) is 6.92 Å². The van der Waals surface area contributed by atoms with Crippen molar-refractivity contribution in [1.29, 1.82) is 0 Å². The summed E-state index contributed by atoms with van der Waals surface area (Å²) >= 11 is 0. The van der Waals surface area contributed by atoms with Crippen LogP contribution in [0, 0.1) is 19.3 Å². The highest BCUT2D eigenvalue weighted by Gasteiger charge is 1.95. The van der Waals surface area contributed by atoms with E-state index in [1.807, 2.05) is 20.0 Å².